The maximum atomic E-state index is 12.9. The first-order valence-electron chi connectivity index (χ1n) is 7.52. The summed E-state index contributed by atoms with van der Waals surface area (Å²) in [6.07, 6.45) is -2.17. The minimum atomic E-state index is -4.65. The molecule has 0 radical (unpaired) electrons. The number of alkyl halides is 3. The highest BCUT2D eigenvalue weighted by atomic mass is 32.2. The topological polar surface area (TPSA) is 92.3 Å². The SMILES string of the molecule is C=CCSc1nnc(NC(=O)CN(c2cccc(C(F)(F)F)c2)S(C)(=O)=O)s1. The molecule has 1 N–H and O–H groups in total. The lowest BCUT2D eigenvalue weighted by molar-refractivity contribution is -0.137. The number of thioether (sulfide) groups is 1. The average Bonchev–Trinajstić information content (AvgIpc) is 3.03. The molecular formula is C15H15F3N4O3S3. The van der Waals surface area contributed by atoms with E-state index in [-0.39, 0.29) is 10.8 Å². The molecule has 152 valence electrons. The van der Waals surface area contributed by atoms with Crippen LogP contribution in [0.3, 0.4) is 0 Å². The summed E-state index contributed by atoms with van der Waals surface area (Å²) >= 11 is 2.43. The molecular weight excluding hydrogens is 437 g/mol. The molecule has 1 aromatic carbocycles. The van der Waals surface area contributed by atoms with E-state index in [1.165, 1.54) is 17.8 Å². The van der Waals surface area contributed by atoms with Gasteiger partial charge >= 0.3 is 6.18 Å². The fraction of sp³-hybridized carbons (Fsp3) is 0.267. The second kappa shape index (κ2) is 8.92. The third-order valence-electron chi connectivity index (χ3n) is 3.13. The fourth-order valence-corrected chi connectivity index (χ4v) is 4.35. The monoisotopic (exact) mass is 452 g/mol. The molecule has 0 aliphatic carbocycles. The van der Waals surface area contributed by atoms with Gasteiger partial charge in [-0.25, -0.2) is 8.42 Å². The van der Waals surface area contributed by atoms with Gasteiger partial charge < -0.3 is 0 Å². The third-order valence-corrected chi connectivity index (χ3v) is 6.23. The average molecular weight is 453 g/mol. The number of halogens is 3. The second-order valence-electron chi connectivity index (χ2n) is 5.34. The quantitative estimate of drug-likeness (QED) is 0.376. The molecule has 13 heteroatoms. The molecule has 0 aliphatic heterocycles. The molecule has 1 aromatic heterocycles. The molecule has 0 atom stereocenters. The van der Waals surface area contributed by atoms with Crippen molar-refractivity contribution in [3.8, 4) is 0 Å². The number of nitrogens with zero attached hydrogens (tertiary/aromatic N) is 3. The van der Waals surface area contributed by atoms with Crippen LogP contribution in [0.5, 0.6) is 0 Å². The number of hydrogen-bond acceptors (Lipinski definition) is 7. The lowest BCUT2D eigenvalue weighted by Crippen LogP contribution is -2.37. The summed E-state index contributed by atoms with van der Waals surface area (Å²) in [6, 6.07) is 3.73. The van der Waals surface area contributed by atoms with Gasteiger partial charge in [-0.1, -0.05) is 35.2 Å². The summed E-state index contributed by atoms with van der Waals surface area (Å²) < 4.78 is 63.9. The zero-order valence-electron chi connectivity index (χ0n) is 14.4. The van der Waals surface area contributed by atoms with Gasteiger partial charge in [-0.2, -0.15) is 13.2 Å². The van der Waals surface area contributed by atoms with Crippen molar-refractivity contribution < 1.29 is 26.4 Å². The Morgan fingerprint density at radius 1 is 1.39 bits per heavy atom. The third kappa shape index (κ3) is 6.21. The van der Waals surface area contributed by atoms with Crippen molar-refractivity contribution in [3.63, 3.8) is 0 Å². The van der Waals surface area contributed by atoms with Crippen LogP contribution in [0.2, 0.25) is 0 Å². The van der Waals surface area contributed by atoms with E-state index < -0.39 is 34.2 Å². The van der Waals surface area contributed by atoms with E-state index in [0.717, 1.165) is 29.7 Å². The first kappa shape index (κ1) is 22.2. The molecule has 2 rings (SSSR count). The molecule has 0 fully saturated rings. The van der Waals surface area contributed by atoms with Crippen molar-refractivity contribution in [1.82, 2.24) is 10.2 Å². The summed E-state index contributed by atoms with van der Waals surface area (Å²) in [7, 11) is -4.02. The van der Waals surface area contributed by atoms with Crippen molar-refractivity contribution in [3.05, 3.63) is 42.5 Å². The smallest absolute Gasteiger partial charge is 0.299 e. The van der Waals surface area contributed by atoms with Crippen molar-refractivity contribution in [2.45, 2.75) is 10.5 Å². The molecule has 1 heterocycles. The van der Waals surface area contributed by atoms with Crippen LogP contribution in [0.4, 0.5) is 24.0 Å². The number of carbonyl (C=O) groups excluding carboxylic acids is 1. The highest BCUT2D eigenvalue weighted by Crippen LogP contribution is 2.32. The van der Waals surface area contributed by atoms with Gasteiger partial charge in [-0.05, 0) is 18.2 Å². The van der Waals surface area contributed by atoms with Crippen molar-refractivity contribution in [2.24, 2.45) is 0 Å². The Morgan fingerprint density at radius 3 is 2.71 bits per heavy atom. The number of nitrogens with one attached hydrogen (secondary N) is 1. The predicted octanol–water partition coefficient (Wildman–Crippen LogP) is 3.24. The zero-order chi connectivity index (χ0) is 20.9. The zero-order valence-corrected chi connectivity index (χ0v) is 16.9. The van der Waals surface area contributed by atoms with Crippen molar-refractivity contribution in [1.29, 1.82) is 0 Å². The minimum absolute atomic E-state index is 0.147. The Morgan fingerprint density at radius 2 is 2.11 bits per heavy atom. The van der Waals surface area contributed by atoms with Gasteiger partial charge in [0.1, 0.15) is 6.54 Å². The van der Waals surface area contributed by atoms with Gasteiger partial charge in [0.05, 0.1) is 17.5 Å². The van der Waals surface area contributed by atoms with E-state index in [4.69, 9.17) is 0 Å². The van der Waals surface area contributed by atoms with Gasteiger partial charge in [0.25, 0.3) is 0 Å². The summed E-state index contributed by atoms with van der Waals surface area (Å²) in [6.45, 7) is 2.86. The highest BCUT2D eigenvalue weighted by Gasteiger charge is 2.32. The number of carbonyl (C=O) groups is 1. The van der Waals surface area contributed by atoms with E-state index in [0.29, 0.717) is 20.5 Å². The van der Waals surface area contributed by atoms with E-state index in [1.54, 1.807) is 6.08 Å². The lowest BCUT2D eigenvalue weighted by Gasteiger charge is -2.22. The molecule has 0 unspecified atom stereocenters. The molecule has 0 bridgehead atoms. The predicted molar refractivity (Wildman–Crippen MR) is 103 cm³/mol. The Kier molecular flexibility index (Phi) is 7.06. The van der Waals surface area contributed by atoms with Crippen LogP contribution in [-0.2, 0) is 21.0 Å². The van der Waals surface area contributed by atoms with Crippen LogP contribution in [0.25, 0.3) is 0 Å². The molecule has 28 heavy (non-hydrogen) atoms. The summed E-state index contributed by atoms with van der Waals surface area (Å²) in [5.74, 6) is -0.167. The van der Waals surface area contributed by atoms with Crippen LogP contribution in [0.1, 0.15) is 5.56 Å². The fourth-order valence-electron chi connectivity index (χ4n) is 1.98. The maximum Gasteiger partial charge on any atom is 0.416 e. The van der Waals surface area contributed by atoms with E-state index in [2.05, 4.69) is 22.1 Å². The Bertz CT molecular complexity index is 961. The van der Waals surface area contributed by atoms with Crippen LogP contribution in [0.15, 0.2) is 41.3 Å². The number of anilines is 2. The first-order chi connectivity index (χ1) is 13.0. The van der Waals surface area contributed by atoms with Crippen LogP contribution >= 0.6 is 23.1 Å². The van der Waals surface area contributed by atoms with Crippen LogP contribution in [-0.4, -0.2) is 43.1 Å². The van der Waals surface area contributed by atoms with Gasteiger partial charge in [0.15, 0.2) is 4.34 Å². The number of benzene rings is 1. The number of rotatable bonds is 8. The largest absolute Gasteiger partial charge is 0.416 e. The normalized spacial score (nSPS) is 11.9. The number of hydrogen-bond donors (Lipinski definition) is 1. The lowest BCUT2D eigenvalue weighted by atomic mass is 10.2. The van der Waals surface area contributed by atoms with Gasteiger partial charge in [0.2, 0.25) is 21.1 Å². The number of amides is 1. The number of sulfonamides is 1. The molecule has 0 saturated heterocycles. The molecule has 0 saturated carbocycles. The van der Waals surface area contributed by atoms with E-state index in [1.807, 2.05) is 0 Å². The van der Waals surface area contributed by atoms with Crippen molar-refractivity contribution in [2.75, 3.05) is 28.2 Å². The Balaban J connectivity index is 2.18. The van der Waals surface area contributed by atoms with Crippen LogP contribution in [0, 0.1) is 0 Å². The molecule has 1 amide bonds. The molecule has 2 aromatic rings. The summed E-state index contributed by atoms with van der Waals surface area (Å²) in [5.41, 5.74) is -1.29. The first-order valence-corrected chi connectivity index (χ1v) is 11.2. The van der Waals surface area contributed by atoms with Gasteiger partial charge in [0, 0.05) is 5.75 Å². The Labute approximate surface area is 167 Å². The second-order valence-corrected chi connectivity index (χ2v) is 9.49. The van der Waals surface area contributed by atoms with Crippen molar-refractivity contribution >= 4 is 49.8 Å². The Hall–Kier alpha value is -2.12. The molecule has 0 aliphatic rings. The number of aromatic nitrogens is 2. The molecule has 0 spiro atoms. The van der Waals surface area contributed by atoms with E-state index >= 15 is 0 Å². The summed E-state index contributed by atoms with van der Waals surface area (Å²) in [5, 5.41) is 10.1. The highest BCUT2D eigenvalue weighted by molar-refractivity contribution is 8.01. The van der Waals surface area contributed by atoms with Gasteiger partial charge in [-0.3, -0.25) is 14.4 Å². The van der Waals surface area contributed by atoms with Gasteiger partial charge in [-0.15, -0.1) is 16.8 Å². The molecule has 7 nitrogen and oxygen atoms in total. The maximum absolute atomic E-state index is 12.9. The van der Waals surface area contributed by atoms with E-state index in [9.17, 15) is 26.4 Å². The minimum Gasteiger partial charge on any atom is -0.299 e. The standard InChI is InChI=1S/C15H15F3N4O3S3/c1-3-7-26-14-21-20-13(27-14)19-12(23)9-22(28(2,24)25)11-6-4-5-10(8-11)15(16,17)18/h3-6,8H,1,7,9H2,2H3,(H,19,20,23). The summed E-state index contributed by atoms with van der Waals surface area (Å²) in [4.78, 5) is 12.2. The van der Waals surface area contributed by atoms with Crippen LogP contribution < -0.4 is 9.62 Å².